The van der Waals surface area contributed by atoms with Crippen molar-refractivity contribution in [3.05, 3.63) is 18.2 Å². The number of urea groups is 1. The van der Waals surface area contributed by atoms with Crippen molar-refractivity contribution in [2.75, 3.05) is 18.5 Å². The third-order valence-electron chi connectivity index (χ3n) is 7.18. The van der Waals surface area contributed by atoms with E-state index in [9.17, 15) is 9.59 Å². The van der Waals surface area contributed by atoms with E-state index < -0.39 is 6.04 Å². The maximum absolute atomic E-state index is 12.6. The summed E-state index contributed by atoms with van der Waals surface area (Å²) in [5.74, 6) is 3.27. The van der Waals surface area contributed by atoms with Crippen LogP contribution in [0.15, 0.2) is 18.2 Å². The third kappa shape index (κ3) is 3.94. The Morgan fingerprint density at radius 3 is 2.30 bits per heavy atom. The minimum Gasteiger partial charge on any atom is -0.490 e. The number of nitrogens with one attached hydrogen (secondary N) is 3. The maximum Gasteiger partial charge on any atom is 0.321 e. The van der Waals surface area contributed by atoms with Crippen LogP contribution in [-0.2, 0) is 4.79 Å². The van der Waals surface area contributed by atoms with Gasteiger partial charge in [0.1, 0.15) is 6.04 Å². The first-order valence-corrected chi connectivity index (χ1v) is 11.3. The van der Waals surface area contributed by atoms with Crippen LogP contribution in [0.2, 0.25) is 0 Å². The molecule has 1 aliphatic heterocycles. The summed E-state index contributed by atoms with van der Waals surface area (Å²) in [6, 6.07) is 4.60. The van der Waals surface area contributed by atoms with E-state index in [-0.39, 0.29) is 17.5 Å². The Morgan fingerprint density at radius 1 is 1.00 bits per heavy atom. The molecule has 0 radical (unpaired) electrons. The second kappa shape index (κ2) is 7.67. The lowest BCUT2D eigenvalue weighted by atomic mass is 9.53. The van der Waals surface area contributed by atoms with Gasteiger partial charge in [-0.05, 0) is 75.3 Å². The number of fused-ring (bicyclic) bond motifs is 1. The molecule has 0 saturated heterocycles. The quantitative estimate of drug-likeness (QED) is 0.704. The lowest BCUT2D eigenvalue weighted by molar-refractivity contribution is -0.120. The van der Waals surface area contributed by atoms with Gasteiger partial charge in [-0.25, -0.2) is 4.79 Å². The molecule has 6 rings (SSSR count). The monoisotopic (exact) mass is 413 g/mol. The maximum atomic E-state index is 12.6. The molecule has 5 aliphatic rings. The molecule has 1 aromatic carbocycles. The second-order valence-corrected chi connectivity index (χ2v) is 9.72. The normalized spacial score (nSPS) is 32.1. The van der Waals surface area contributed by atoms with Gasteiger partial charge in [0.2, 0.25) is 5.91 Å². The number of rotatable bonds is 4. The molecule has 1 heterocycles. The molecule has 1 atom stereocenters. The van der Waals surface area contributed by atoms with Gasteiger partial charge in [-0.2, -0.15) is 0 Å². The minimum atomic E-state index is -0.558. The summed E-state index contributed by atoms with van der Waals surface area (Å²) in [7, 11) is 0. The Hall–Kier alpha value is -2.44. The standard InChI is InChI=1S/C23H31N3O4/c1-14(24-18-3-4-19-20(10-18)30-6-2-5-29-19)21(27)25-22(28)26-23-11-15-7-16(12-23)9-17(8-15)13-23/h3-4,10,14-17,24H,2,5-9,11-13H2,1H3,(H2,25,26,27,28). The van der Waals surface area contributed by atoms with E-state index >= 15 is 0 Å². The zero-order chi connectivity index (χ0) is 20.7. The van der Waals surface area contributed by atoms with Gasteiger partial charge in [-0.1, -0.05) is 0 Å². The zero-order valence-corrected chi connectivity index (χ0v) is 17.5. The molecule has 1 unspecified atom stereocenters. The first-order chi connectivity index (χ1) is 14.5. The van der Waals surface area contributed by atoms with E-state index in [0.717, 1.165) is 49.1 Å². The smallest absolute Gasteiger partial charge is 0.321 e. The van der Waals surface area contributed by atoms with Gasteiger partial charge >= 0.3 is 6.03 Å². The molecule has 7 nitrogen and oxygen atoms in total. The van der Waals surface area contributed by atoms with Gasteiger partial charge < -0.3 is 20.1 Å². The molecule has 4 aliphatic carbocycles. The molecular weight excluding hydrogens is 382 g/mol. The first kappa shape index (κ1) is 19.5. The fourth-order valence-electron chi connectivity index (χ4n) is 6.32. The van der Waals surface area contributed by atoms with E-state index in [2.05, 4.69) is 16.0 Å². The van der Waals surface area contributed by atoms with Crippen LogP contribution in [-0.4, -0.2) is 36.7 Å². The molecule has 4 fully saturated rings. The van der Waals surface area contributed by atoms with Gasteiger partial charge in [0.15, 0.2) is 11.5 Å². The molecule has 1 aromatic rings. The van der Waals surface area contributed by atoms with E-state index in [1.807, 2.05) is 18.2 Å². The van der Waals surface area contributed by atoms with Crippen molar-refractivity contribution < 1.29 is 19.1 Å². The Morgan fingerprint density at radius 2 is 1.63 bits per heavy atom. The number of amides is 3. The van der Waals surface area contributed by atoms with Gasteiger partial charge in [-0.15, -0.1) is 0 Å². The predicted octanol–water partition coefficient (Wildman–Crippen LogP) is 3.44. The van der Waals surface area contributed by atoms with E-state index in [1.54, 1.807) is 6.92 Å². The summed E-state index contributed by atoms with van der Waals surface area (Å²) >= 11 is 0. The minimum absolute atomic E-state index is 0.107. The number of carbonyl (C=O) groups excluding carboxylic acids is 2. The van der Waals surface area contributed by atoms with E-state index in [4.69, 9.17) is 9.47 Å². The molecule has 0 aromatic heterocycles. The molecule has 4 saturated carbocycles. The number of benzene rings is 1. The number of hydrogen-bond acceptors (Lipinski definition) is 5. The number of imide groups is 1. The van der Waals surface area contributed by atoms with Crippen LogP contribution in [0.25, 0.3) is 0 Å². The van der Waals surface area contributed by atoms with Crippen LogP contribution < -0.4 is 25.4 Å². The summed E-state index contributed by atoms with van der Waals surface area (Å²) in [6.07, 6.45) is 7.98. The van der Waals surface area contributed by atoms with Crippen LogP contribution >= 0.6 is 0 Å². The van der Waals surface area contributed by atoms with Crippen molar-refractivity contribution in [3.8, 4) is 11.5 Å². The average molecular weight is 414 g/mol. The van der Waals surface area contributed by atoms with Crippen LogP contribution in [0, 0.1) is 17.8 Å². The zero-order valence-electron chi connectivity index (χ0n) is 17.5. The molecular formula is C23H31N3O4. The van der Waals surface area contributed by atoms with Crippen molar-refractivity contribution in [3.63, 3.8) is 0 Å². The van der Waals surface area contributed by atoms with Gasteiger partial charge in [0.25, 0.3) is 0 Å². The molecule has 3 N–H and O–H groups in total. The number of anilines is 1. The van der Waals surface area contributed by atoms with E-state index in [1.165, 1.54) is 19.3 Å². The number of ether oxygens (including phenoxy) is 2. The fraction of sp³-hybridized carbons (Fsp3) is 0.652. The molecule has 3 amide bonds. The number of carbonyl (C=O) groups is 2. The van der Waals surface area contributed by atoms with Crippen molar-refractivity contribution in [1.82, 2.24) is 10.6 Å². The average Bonchev–Trinajstić information content (AvgIpc) is 2.91. The summed E-state index contributed by atoms with van der Waals surface area (Å²) in [4.78, 5) is 25.2. The molecule has 30 heavy (non-hydrogen) atoms. The topological polar surface area (TPSA) is 88.7 Å². The van der Waals surface area contributed by atoms with Gasteiger partial charge in [-0.3, -0.25) is 10.1 Å². The Balaban J connectivity index is 1.16. The Bertz CT molecular complexity index is 804. The molecule has 7 heteroatoms. The summed E-state index contributed by atoms with van der Waals surface area (Å²) in [5, 5.41) is 8.88. The van der Waals surface area contributed by atoms with Gasteiger partial charge in [0.05, 0.1) is 13.2 Å². The van der Waals surface area contributed by atoms with Crippen LogP contribution in [0.5, 0.6) is 11.5 Å². The van der Waals surface area contributed by atoms with Crippen LogP contribution in [0.1, 0.15) is 51.9 Å². The lowest BCUT2D eigenvalue weighted by Gasteiger charge is -2.56. The summed E-state index contributed by atoms with van der Waals surface area (Å²) in [5.41, 5.74) is 0.646. The summed E-state index contributed by atoms with van der Waals surface area (Å²) < 4.78 is 11.3. The molecule has 0 spiro atoms. The van der Waals surface area contributed by atoms with E-state index in [0.29, 0.717) is 24.7 Å². The highest BCUT2D eigenvalue weighted by atomic mass is 16.5. The second-order valence-electron chi connectivity index (χ2n) is 9.72. The fourth-order valence-corrected chi connectivity index (χ4v) is 6.32. The third-order valence-corrected chi connectivity index (χ3v) is 7.18. The van der Waals surface area contributed by atoms with Crippen molar-refractivity contribution in [2.45, 2.75) is 63.5 Å². The van der Waals surface area contributed by atoms with Gasteiger partial charge in [0, 0.05) is 23.7 Å². The van der Waals surface area contributed by atoms with Crippen molar-refractivity contribution in [1.29, 1.82) is 0 Å². The van der Waals surface area contributed by atoms with Crippen LogP contribution in [0.4, 0.5) is 10.5 Å². The highest BCUT2D eigenvalue weighted by Crippen LogP contribution is 2.55. The Kier molecular flexibility index (Phi) is 4.99. The Labute approximate surface area is 177 Å². The summed E-state index contributed by atoms with van der Waals surface area (Å²) in [6.45, 7) is 2.99. The van der Waals surface area contributed by atoms with Crippen LogP contribution in [0.3, 0.4) is 0 Å². The lowest BCUT2D eigenvalue weighted by Crippen LogP contribution is -2.62. The molecule has 162 valence electrons. The number of hydrogen-bond donors (Lipinski definition) is 3. The largest absolute Gasteiger partial charge is 0.490 e. The van der Waals surface area contributed by atoms with Crippen molar-refractivity contribution >= 4 is 17.6 Å². The molecule has 4 bridgehead atoms. The van der Waals surface area contributed by atoms with Crippen molar-refractivity contribution in [2.24, 2.45) is 17.8 Å². The highest BCUT2D eigenvalue weighted by molar-refractivity contribution is 5.98. The first-order valence-electron chi connectivity index (χ1n) is 11.3. The SMILES string of the molecule is CC(Nc1ccc2c(c1)OCCCO2)C(=O)NC(=O)NC12CC3CC(CC(C3)C1)C2. The highest BCUT2D eigenvalue weighted by Gasteiger charge is 2.51. The predicted molar refractivity (Wildman–Crippen MR) is 113 cm³/mol.